The maximum absolute atomic E-state index is 6.10. The van der Waals surface area contributed by atoms with Crippen molar-refractivity contribution in [3.05, 3.63) is 39.4 Å². The summed E-state index contributed by atoms with van der Waals surface area (Å²) in [5, 5.41) is 5.30. The Bertz CT molecular complexity index is 766. The third-order valence-corrected chi connectivity index (χ3v) is 4.65. The zero-order valence-electron chi connectivity index (χ0n) is 13.6. The number of hydrogen-bond donors (Lipinski definition) is 0. The van der Waals surface area contributed by atoms with E-state index in [0.29, 0.717) is 24.3 Å². The van der Waals surface area contributed by atoms with Gasteiger partial charge in [-0.15, -0.1) is 0 Å². The maximum Gasteiger partial charge on any atom is 0.199 e. The Hall–Kier alpha value is -1.37. The number of aromatic nitrogens is 3. The molecule has 0 atom stereocenters. The average molecular weight is 353 g/mol. The highest BCUT2D eigenvalue weighted by molar-refractivity contribution is 7.71. The summed E-state index contributed by atoms with van der Waals surface area (Å²) in [6, 6.07) is 6.21. The molecular formula is C16H21ClN4OS. The molecule has 3 rings (SSSR count). The standard InChI is InChI=1S/C16H21ClN4OS/c1-11-18-20(16(23)21(11)14-5-6-14)10-19(2)9-12-8-13(17)4-7-15(12)22-3/h4,7-8,14H,5-6,9-10H2,1-3H3. The first-order chi connectivity index (χ1) is 11.0. The number of rotatable bonds is 6. The van der Waals surface area contributed by atoms with Crippen LogP contribution in [0.1, 0.15) is 30.3 Å². The number of ether oxygens (including phenoxy) is 1. The molecular weight excluding hydrogens is 332 g/mol. The number of methoxy groups -OCH3 is 1. The highest BCUT2D eigenvalue weighted by Gasteiger charge is 2.27. The monoisotopic (exact) mass is 352 g/mol. The maximum atomic E-state index is 6.10. The fourth-order valence-corrected chi connectivity index (χ4v) is 3.39. The van der Waals surface area contributed by atoms with E-state index in [2.05, 4.69) is 14.6 Å². The van der Waals surface area contributed by atoms with Gasteiger partial charge < -0.3 is 9.30 Å². The van der Waals surface area contributed by atoms with E-state index in [1.54, 1.807) is 7.11 Å². The number of aryl methyl sites for hydroxylation is 1. The molecule has 1 saturated carbocycles. The lowest BCUT2D eigenvalue weighted by atomic mass is 10.2. The van der Waals surface area contributed by atoms with Crippen LogP contribution in [0.25, 0.3) is 0 Å². The molecule has 0 saturated heterocycles. The van der Waals surface area contributed by atoms with Gasteiger partial charge >= 0.3 is 0 Å². The lowest BCUT2D eigenvalue weighted by Crippen LogP contribution is -2.23. The summed E-state index contributed by atoms with van der Waals surface area (Å²) in [5.74, 6) is 1.83. The smallest absolute Gasteiger partial charge is 0.199 e. The topological polar surface area (TPSA) is 35.2 Å². The Balaban J connectivity index is 1.75. The highest BCUT2D eigenvalue weighted by atomic mass is 35.5. The van der Waals surface area contributed by atoms with E-state index in [0.717, 1.165) is 21.9 Å². The van der Waals surface area contributed by atoms with E-state index in [-0.39, 0.29) is 0 Å². The molecule has 2 aromatic rings. The molecule has 23 heavy (non-hydrogen) atoms. The summed E-state index contributed by atoms with van der Waals surface area (Å²) in [4.78, 5) is 2.15. The predicted octanol–water partition coefficient (Wildman–Crippen LogP) is 3.81. The Morgan fingerprint density at radius 2 is 2.17 bits per heavy atom. The molecule has 0 spiro atoms. The van der Waals surface area contributed by atoms with Crippen molar-refractivity contribution in [1.29, 1.82) is 0 Å². The van der Waals surface area contributed by atoms with E-state index < -0.39 is 0 Å². The Labute approximate surface area is 146 Å². The molecule has 0 unspecified atom stereocenters. The van der Waals surface area contributed by atoms with Gasteiger partial charge in [-0.1, -0.05) is 11.6 Å². The minimum atomic E-state index is 0.551. The minimum Gasteiger partial charge on any atom is -0.496 e. The van der Waals surface area contributed by atoms with Crippen LogP contribution in [0.2, 0.25) is 5.02 Å². The number of halogens is 1. The van der Waals surface area contributed by atoms with E-state index in [9.17, 15) is 0 Å². The normalized spacial score (nSPS) is 14.5. The zero-order chi connectivity index (χ0) is 16.6. The molecule has 1 aromatic carbocycles. The van der Waals surface area contributed by atoms with Crippen molar-refractivity contribution in [2.75, 3.05) is 14.2 Å². The van der Waals surface area contributed by atoms with Crippen molar-refractivity contribution < 1.29 is 4.74 Å². The summed E-state index contributed by atoms with van der Waals surface area (Å²) in [5.41, 5.74) is 1.05. The molecule has 0 N–H and O–H groups in total. The van der Waals surface area contributed by atoms with Crippen LogP contribution in [0.15, 0.2) is 18.2 Å². The number of hydrogen-bond acceptors (Lipinski definition) is 4. The summed E-state index contributed by atoms with van der Waals surface area (Å²) < 4.78 is 10.3. The average Bonchev–Trinajstić information content (AvgIpc) is 3.27. The minimum absolute atomic E-state index is 0.551. The van der Waals surface area contributed by atoms with Gasteiger partial charge in [0, 0.05) is 23.2 Å². The van der Waals surface area contributed by atoms with Crippen LogP contribution in [-0.2, 0) is 13.2 Å². The molecule has 1 aromatic heterocycles. The molecule has 5 nitrogen and oxygen atoms in total. The van der Waals surface area contributed by atoms with E-state index >= 15 is 0 Å². The van der Waals surface area contributed by atoms with Crippen LogP contribution in [-0.4, -0.2) is 33.4 Å². The van der Waals surface area contributed by atoms with Gasteiger partial charge in [0.2, 0.25) is 0 Å². The van der Waals surface area contributed by atoms with Gasteiger partial charge in [-0.2, -0.15) is 5.10 Å². The Kier molecular flexibility index (Phi) is 4.75. The van der Waals surface area contributed by atoms with Crippen LogP contribution >= 0.6 is 23.8 Å². The fourth-order valence-electron chi connectivity index (χ4n) is 2.81. The van der Waals surface area contributed by atoms with E-state index in [4.69, 9.17) is 28.6 Å². The van der Waals surface area contributed by atoms with Gasteiger partial charge in [-0.05, 0) is 57.2 Å². The third-order valence-electron chi connectivity index (χ3n) is 4.01. The summed E-state index contributed by atoms with van der Waals surface area (Å²) in [7, 11) is 3.71. The molecule has 0 radical (unpaired) electrons. The zero-order valence-corrected chi connectivity index (χ0v) is 15.2. The third kappa shape index (κ3) is 3.59. The van der Waals surface area contributed by atoms with Crippen LogP contribution in [0.3, 0.4) is 0 Å². The molecule has 124 valence electrons. The number of benzene rings is 1. The van der Waals surface area contributed by atoms with Gasteiger partial charge in [-0.3, -0.25) is 4.90 Å². The lowest BCUT2D eigenvalue weighted by molar-refractivity contribution is 0.240. The van der Waals surface area contributed by atoms with Crippen LogP contribution < -0.4 is 4.74 Å². The molecule has 1 fully saturated rings. The second kappa shape index (κ2) is 6.63. The van der Waals surface area contributed by atoms with Crippen molar-refractivity contribution >= 4 is 23.8 Å². The van der Waals surface area contributed by atoms with E-state index in [1.165, 1.54) is 12.8 Å². The summed E-state index contributed by atoms with van der Waals surface area (Å²) in [6.07, 6.45) is 2.41. The molecule has 1 aliphatic carbocycles. The van der Waals surface area contributed by atoms with Gasteiger partial charge in [0.1, 0.15) is 11.6 Å². The first kappa shape index (κ1) is 16.5. The summed E-state index contributed by atoms with van der Waals surface area (Å²) >= 11 is 11.7. The molecule has 0 amide bonds. The highest BCUT2D eigenvalue weighted by Crippen LogP contribution is 2.36. The largest absolute Gasteiger partial charge is 0.496 e. The van der Waals surface area contributed by atoms with Crippen LogP contribution in [0.5, 0.6) is 5.75 Å². The van der Waals surface area contributed by atoms with E-state index in [1.807, 2.05) is 36.9 Å². The van der Waals surface area contributed by atoms with Crippen molar-refractivity contribution in [3.63, 3.8) is 0 Å². The first-order valence-electron chi connectivity index (χ1n) is 7.66. The second-order valence-corrected chi connectivity index (χ2v) is 6.84. The van der Waals surface area contributed by atoms with Gasteiger partial charge in [-0.25, -0.2) is 4.68 Å². The van der Waals surface area contributed by atoms with Crippen molar-refractivity contribution in [2.24, 2.45) is 0 Å². The molecule has 1 heterocycles. The van der Waals surface area contributed by atoms with Crippen molar-refractivity contribution in [1.82, 2.24) is 19.2 Å². The molecule has 0 bridgehead atoms. The fraction of sp³-hybridized carbons (Fsp3) is 0.500. The molecule has 7 heteroatoms. The van der Waals surface area contributed by atoms with Gasteiger partial charge in [0.15, 0.2) is 4.77 Å². The SMILES string of the molecule is COc1ccc(Cl)cc1CN(C)Cn1nc(C)n(C2CC2)c1=S. The van der Waals surface area contributed by atoms with Crippen molar-refractivity contribution in [2.45, 2.75) is 39.0 Å². The van der Waals surface area contributed by atoms with Gasteiger partial charge in [0.25, 0.3) is 0 Å². The second-order valence-electron chi connectivity index (χ2n) is 6.04. The van der Waals surface area contributed by atoms with Crippen LogP contribution in [0, 0.1) is 11.7 Å². The quantitative estimate of drug-likeness (QED) is 0.740. The van der Waals surface area contributed by atoms with Crippen molar-refractivity contribution in [3.8, 4) is 5.75 Å². The molecule has 0 aliphatic heterocycles. The summed E-state index contributed by atoms with van der Waals surface area (Å²) in [6.45, 7) is 3.36. The lowest BCUT2D eigenvalue weighted by Gasteiger charge is -2.18. The number of nitrogens with zero attached hydrogens (tertiary/aromatic N) is 4. The molecule has 1 aliphatic rings. The Morgan fingerprint density at radius 3 is 2.83 bits per heavy atom. The van der Waals surface area contributed by atoms with Gasteiger partial charge in [0.05, 0.1) is 13.8 Å². The predicted molar refractivity (Wildman–Crippen MR) is 93.5 cm³/mol. The Morgan fingerprint density at radius 1 is 1.43 bits per heavy atom. The first-order valence-corrected chi connectivity index (χ1v) is 8.45. The van der Waals surface area contributed by atoms with Crippen LogP contribution in [0.4, 0.5) is 0 Å².